The maximum atomic E-state index is 5.97. The number of hydrogen-bond acceptors (Lipinski definition) is 3. The Morgan fingerprint density at radius 1 is 1.39 bits per heavy atom. The van der Waals surface area contributed by atoms with Crippen LogP contribution in [0.3, 0.4) is 0 Å². The molecule has 1 aromatic carbocycles. The molecule has 0 atom stereocenters. The highest BCUT2D eigenvalue weighted by molar-refractivity contribution is 5.78. The fraction of sp³-hybridized carbons (Fsp3) is 0.462. The van der Waals surface area contributed by atoms with Crippen LogP contribution < -0.4 is 10.5 Å². The zero-order chi connectivity index (χ0) is 12.8. The summed E-state index contributed by atoms with van der Waals surface area (Å²) in [7, 11) is 1.66. The Bertz CT molecular complexity index is 414. The summed E-state index contributed by atoms with van der Waals surface area (Å²) in [6, 6.07) is 7.83. The van der Waals surface area contributed by atoms with Gasteiger partial charge in [-0.25, -0.2) is 4.99 Å². The molecule has 1 aliphatic rings. The molecule has 0 aliphatic carbocycles. The van der Waals surface area contributed by atoms with Gasteiger partial charge < -0.3 is 20.1 Å². The van der Waals surface area contributed by atoms with Crippen molar-refractivity contribution in [2.75, 3.05) is 33.4 Å². The third-order valence-electron chi connectivity index (χ3n) is 2.94. The van der Waals surface area contributed by atoms with Crippen molar-refractivity contribution in [2.45, 2.75) is 6.54 Å². The van der Waals surface area contributed by atoms with E-state index in [1.807, 2.05) is 29.2 Å². The van der Waals surface area contributed by atoms with Crippen LogP contribution in [0.25, 0.3) is 0 Å². The maximum Gasteiger partial charge on any atom is 0.191 e. The van der Waals surface area contributed by atoms with Gasteiger partial charge >= 0.3 is 0 Å². The standard InChI is InChI=1S/C13H19N3O2/c1-17-12-5-3-2-4-11(12)10-15-13(14)16-6-8-18-9-7-16/h2-5H,6-10H2,1H3,(H2,14,15). The highest BCUT2D eigenvalue weighted by Gasteiger charge is 2.12. The highest BCUT2D eigenvalue weighted by atomic mass is 16.5. The Labute approximate surface area is 107 Å². The monoisotopic (exact) mass is 249 g/mol. The van der Waals surface area contributed by atoms with E-state index in [2.05, 4.69) is 4.99 Å². The first-order chi connectivity index (χ1) is 8.81. The molecule has 5 heteroatoms. The summed E-state index contributed by atoms with van der Waals surface area (Å²) in [6.45, 7) is 3.57. The summed E-state index contributed by atoms with van der Waals surface area (Å²) < 4.78 is 10.6. The van der Waals surface area contributed by atoms with Crippen LogP contribution in [0.5, 0.6) is 5.75 Å². The number of ether oxygens (including phenoxy) is 2. The highest BCUT2D eigenvalue weighted by Crippen LogP contribution is 2.18. The first kappa shape index (κ1) is 12.7. The van der Waals surface area contributed by atoms with E-state index in [0.717, 1.165) is 24.4 Å². The summed E-state index contributed by atoms with van der Waals surface area (Å²) in [5.74, 6) is 1.42. The average molecular weight is 249 g/mol. The fourth-order valence-electron chi connectivity index (χ4n) is 1.89. The lowest BCUT2D eigenvalue weighted by molar-refractivity contribution is 0.0674. The smallest absolute Gasteiger partial charge is 0.191 e. The first-order valence-corrected chi connectivity index (χ1v) is 6.06. The summed E-state index contributed by atoms with van der Waals surface area (Å²) in [5.41, 5.74) is 7.01. The summed E-state index contributed by atoms with van der Waals surface area (Å²) >= 11 is 0. The van der Waals surface area contributed by atoms with Gasteiger partial charge in [-0.2, -0.15) is 0 Å². The number of morpholine rings is 1. The molecule has 0 bridgehead atoms. The fourth-order valence-corrected chi connectivity index (χ4v) is 1.89. The minimum Gasteiger partial charge on any atom is -0.496 e. The molecule has 1 saturated heterocycles. The number of nitrogens with two attached hydrogens (primary N) is 1. The van der Waals surface area contributed by atoms with E-state index >= 15 is 0 Å². The largest absolute Gasteiger partial charge is 0.496 e. The molecule has 0 aromatic heterocycles. The van der Waals surface area contributed by atoms with Gasteiger partial charge in [-0.15, -0.1) is 0 Å². The van der Waals surface area contributed by atoms with E-state index in [1.54, 1.807) is 7.11 Å². The molecule has 0 saturated carbocycles. The second-order valence-corrected chi connectivity index (χ2v) is 4.09. The predicted molar refractivity (Wildman–Crippen MR) is 70.7 cm³/mol. The van der Waals surface area contributed by atoms with Crippen molar-refractivity contribution in [2.24, 2.45) is 10.7 Å². The van der Waals surface area contributed by atoms with Crippen LogP contribution >= 0.6 is 0 Å². The van der Waals surface area contributed by atoms with Crippen molar-refractivity contribution in [1.82, 2.24) is 4.90 Å². The van der Waals surface area contributed by atoms with E-state index in [-0.39, 0.29) is 0 Å². The molecule has 98 valence electrons. The summed E-state index contributed by atoms with van der Waals surface area (Å²) in [6.07, 6.45) is 0. The van der Waals surface area contributed by atoms with Crippen LogP contribution in [-0.4, -0.2) is 44.3 Å². The number of benzene rings is 1. The molecule has 0 unspecified atom stereocenters. The zero-order valence-corrected chi connectivity index (χ0v) is 10.6. The summed E-state index contributed by atoms with van der Waals surface area (Å²) in [5, 5.41) is 0. The zero-order valence-electron chi connectivity index (χ0n) is 10.6. The van der Waals surface area contributed by atoms with Crippen LogP contribution in [-0.2, 0) is 11.3 Å². The lowest BCUT2D eigenvalue weighted by atomic mass is 10.2. The normalized spacial score (nSPS) is 16.7. The van der Waals surface area contributed by atoms with Gasteiger partial charge in [-0.3, -0.25) is 0 Å². The molecular weight excluding hydrogens is 230 g/mol. The van der Waals surface area contributed by atoms with E-state index in [9.17, 15) is 0 Å². The molecule has 1 fully saturated rings. The van der Waals surface area contributed by atoms with E-state index in [0.29, 0.717) is 25.7 Å². The molecule has 0 spiro atoms. The second-order valence-electron chi connectivity index (χ2n) is 4.09. The molecule has 0 radical (unpaired) electrons. The van der Waals surface area contributed by atoms with E-state index < -0.39 is 0 Å². The Balaban J connectivity index is 2.00. The Hall–Kier alpha value is -1.75. The number of para-hydroxylation sites is 1. The maximum absolute atomic E-state index is 5.97. The molecule has 2 N–H and O–H groups in total. The Morgan fingerprint density at radius 3 is 2.83 bits per heavy atom. The van der Waals surface area contributed by atoms with E-state index in [1.165, 1.54) is 0 Å². The second kappa shape index (κ2) is 6.26. The van der Waals surface area contributed by atoms with Crippen molar-refractivity contribution in [3.8, 4) is 5.75 Å². The SMILES string of the molecule is COc1ccccc1CN=C(N)N1CCOCC1. The van der Waals surface area contributed by atoms with Gasteiger partial charge in [0, 0.05) is 18.7 Å². The first-order valence-electron chi connectivity index (χ1n) is 6.06. The summed E-state index contributed by atoms with van der Waals surface area (Å²) in [4.78, 5) is 6.45. The number of aliphatic imine (C=N–C) groups is 1. The average Bonchev–Trinajstić information content (AvgIpc) is 2.46. The number of methoxy groups -OCH3 is 1. The van der Waals surface area contributed by atoms with Gasteiger partial charge in [0.1, 0.15) is 5.75 Å². The van der Waals surface area contributed by atoms with Gasteiger partial charge in [-0.05, 0) is 6.07 Å². The molecule has 18 heavy (non-hydrogen) atoms. The number of rotatable bonds is 3. The van der Waals surface area contributed by atoms with Gasteiger partial charge in [0.05, 0.1) is 26.9 Å². The third kappa shape index (κ3) is 3.13. The van der Waals surface area contributed by atoms with Crippen molar-refractivity contribution in [3.63, 3.8) is 0 Å². The van der Waals surface area contributed by atoms with Gasteiger partial charge in [0.25, 0.3) is 0 Å². The number of nitrogens with zero attached hydrogens (tertiary/aromatic N) is 2. The van der Waals surface area contributed by atoms with Crippen LogP contribution in [0.4, 0.5) is 0 Å². The van der Waals surface area contributed by atoms with Crippen LogP contribution in [0.15, 0.2) is 29.3 Å². The van der Waals surface area contributed by atoms with Crippen LogP contribution in [0, 0.1) is 0 Å². The molecule has 1 aliphatic heterocycles. The van der Waals surface area contributed by atoms with Crippen molar-refractivity contribution >= 4 is 5.96 Å². The topological polar surface area (TPSA) is 60.1 Å². The number of hydrogen-bond donors (Lipinski definition) is 1. The molecule has 1 aromatic rings. The van der Waals surface area contributed by atoms with Crippen LogP contribution in [0.1, 0.15) is 5.56 Å². The molecular formula is C13H19N3O2. The molecule has 2 rings (SSSR count). The quantitative estimate of drug-likeness (QED) is 0.637. The lowest BCUT2D eigenvalue weighted by Gasteiger charge is -2.27. The van der Waals surface area contributed by atoms with Gasteiger partial charge in [0.2, 0.25) is 0 Å². The molecule has 5 nitrogen and oxygen atoms in total. The van der Waals surface area contributed by atoms with Crippen molar-refractivity contribution in [3.05, 3.63) is 29.8 Å². The van der Waals surface area contributed by atoms with Crippen LogP contribution in [0.2, 0.25) is 0 Å². The number of guanidine groups is 1. The minimum atomic E-state index is 0.535. The van der Waals surface area contributed by atoms with Crippen molar-refractivity contribution in [1.29, 1.82) is 0 Å². The Kier molecular flexibility index (Phi) is 4.41. The third-order valence-corrected chi connectivity index (χ3v) is 2.94. The molecule has 0 amide bonds. The van der Waals surface area contributed by atoms with Gasteiger partial charge in [0.15, 0.2) is 5.96 Å². The minimum absolute atomic E-state index is 0.535. The predicted octanol–water partition coefficient (Wildman–Crippen LogP) is 0.842. The van der Waals surface area contributed by atoms with Crippen molar-refractivity contribution < 1.29 is 9.47 Å². The van der Waals surface area contributed by atoms with E-state index in [4.69, 9.17) is 15.2 Å². The lowest BCUT2D eigenvalue weighted by Crippen LogP contribution is -2.44. The molecule has 1 heterocycles. The Morgan fingerprint density at radius 2 is 2.11 bits per heavy atom. The van der Waals surface area contributed by atoms with Gasteiger partial charge in [-0.1, -0.05) is 18.2 Å².